The average molecular weight is 458 g/mol. The first-order valence-corrected chi connectivity index (χ1v) is 8.96. The maximum atomic E-state index is 6.27. The lowest BCUT2D eigenvalue weighted by Crippen LogP contribution is -1.97. The lowest BCUT2D eigenvalue weighted by molar-refractivity contribution is 0.414. The molecule has 0 unspecified atom stereocenters. The summed E-state index contributed by atoms with van der Waals surface area (Å²) in [7, 11) is 1.60. The molecule has 1 aromatic heterocycles. The fourth-order valence-electron chi connectivity index (χ4n) is 2.17. The SMILES string of the molecule is COc1ccc(Br)cc1/C=N\n1c(-c2ccc(Cl)cc2Cl)n[nH]c1=S. The van der Waals surface area contributed by atoms with E-state index >= 15 is 0 Å². The van der Waals surface area contributed by atoms with Crippen LogP contribution in [-0.4, -0.2) is 28.2 Å². The summed E-state index contributed by atoms with van der Waals surface area (Å²) in [6, 6.07) is 10.8. The normalized spacial score (nSPS) is 11.2. The molecule has 5 nitrogen and oxygen atoms in total. The van der Waals surface area contributed by atoms with Crippen LogP contribution < -0.4 is 4.74 Å². The Morgan fingerprint density at radius 2 is 2.08 bits per heavy atom. The van der Waals surface area contributed by atoms with Gasteiger partial charge in [-0.3, -0.25) is 0 Å². The lowest BCUT2D eigenvalue weighted by atomic mass is 10.2. The summed E-state index contributed by atoms with van der Waals surface area (Å²) in [6.07, 6.45) is 1.64. The van der Waals surface area contributed by atoms with Crippen molar-refractivity contribution in [2.45, 2.75) is 0 Å². The van der Waals surface area contributed by atoms with Gasteiger partial charge in [-0.05, 0) is 48.6 Å². The second-order valence-electron chi connectivity index (χ2n) is 4.92. The third-order valence-electron chi connectivity index (χ3n) is 3.33. The Bertz CT molecular complexity index is 1020. The number of aromatic amines is 1. The average Bonchev–Trinajstić information content (AvgIpc) is 2.94. The smallest absolute Gasteiger partial charge is 0.216 e. The monoisotopic (exact) mass is 456 g/mol. The molecule has 3 aromatic rings. The molecule has 25 heavy (non-hydrogen) atoms. The predicted octanol–water partition coefficient (Wildman–Crippen LogP) is 5.57. The van der Waals surface area contributed by atoms with Crippen molar-refractivity contribution in [3.8, 4) is 17.1 Å². The standard InChI is InChI=1S/C16H11BrCl2N4OS/c1-24-14-5-2-10(17)6-9(14)8-20-23-15(21-22-16(23)25)12-4-3-11(18)7-13(12)19/h2-8H,1H3,(H,22,25)/b20-8-. The molecule has 0 aliphatic rings. The van der Waals surface area contributed by atoms with Crippen LogP contribution in [0.2, 0.25) is 10.0 Å². The van der Waals surface area contributed by atoms with Gasteiger partial charge in [-0.25, -0.2) is 5.10 Å². The van der Waals surface area contributed by atoms with Crippen LogP contribution in [0.1, 0.15) is 5.56 Å². The minimum Gasteiger partial charge on any atom is -0.496 e. The highest BCUT2D eigenvalue weighted by Crippen LogP contribution is 2.29. The lowest BCUT2D eigenvalue weighted by Gasteiger charge is -2.06. The highest BCUT2D eigenvalue weighted by molar-refractivity contribution is 9.10. The second-order valence-corrected chi connectivity index (χ2v) is 7.07. The molecule has 0 atom stereocenters. The molecular formula is C16H11BrCl2N4OS. The van der Waals surface area contributed by atoms with E-state index in [9.17, 15) is 0 Å². The summed E-state index contributed by atoms with van der Waals surface area (Å²) in [6.45, 7) is 0. The van der Waals surface area contributed by atoms with Gasteiger partial charge in [0.15, 0.2) is 5.82 Å². The summed E-state index contributed by atoms with van der Waals surface area (Å²) in [5.41, 5.74) is 1.45. The van der Waals surface area contributed by atoms with Gasteiger partial charge in [0.25, 0.3) is 0 Å². The van der Waals surface area contributed by atoms with E-state index in [1.165, 1.54) is 4.68 Å². The molecule has 0 aliphatic carbocycles. The number of H-pyrrole nitrogens is 1. The number of benzene rings is 2. The van der Waals surface area contributed by atoms with Gasteiger partial charge in [-0.1, -0.05) is 39.1 Å². The zero-order valence-electron chi connectivity index (χ0n) is 12.8. The molecule has 0 radical (unpaired) electrons. The third-order valence-corrected chi connectivity index (χ3v) is 4.63. The minimum absolute atomic E-state index is 0.339. The molecule has 1 heterocycles. The van der Waals surface area contributed by atoms with Gasteiger partial charge >= 0.3 is 0 Å². The van der Waals surface area contributed by atoms with Gasteiger partial charge in [0.05, 0.1) is 18.3 Å². The zero-order chi connectivity index (χ0) is 18.0. The van der Waals surface area contributed by atoms with Crippen LogP contribution in [0.5, 0.6) is 5.75 Å². The summed E-state index contributed by atoms with van der Waals surface area (Å²) < 4.78 is 8.08. The fraction of sp³-hybridized carbons (Fsp3) is 0.0625. The Hall–Kier alpha value is -1.67. The Labute approximate surface area is 167 Å². The quantitative estimate of drug-likeness (QED) is 0.411. The zero-order valence-corrected chi connectivity index (χ0v) is 16.7. The van der Waals surface area contributed by atoms with Crippen molar-refractivity contribution in [1.29, 1.82) is 0 Å². The Morgan fingerprint density at radius 1 is 1.28 bits per heavy atom. The Kier molecular flexibility index (Phi) is 5.58. The topological polar surface area (TPSA) is 55.2 Å². The maximum Gasteiger partial charge on any atom is 0.216 e. The van der Waals surface area contributed by atoms with E-state index in [-0.39, 0.29) is 0 Å². The molecule has 0 bridgehead atoms. The van der Waals surface area contributed by atoms with Gasteiger partial charge in [0, 0.05) is 20.6 Å². The van der Waals surface area contributed by atoms with Crippen molar-refractivity contribution in [3.63, 3.8) is 0 Å². The fourth-order valence-corrected chi connectivity index (χ4v) is 3.22. The summed E-state index contributed by atoms with van der Waals surface area (Å²) >= 11 is 20.9. The van der Waals surface area contributed by atoms with Crippen molar-refractivity contribution in [3.05, 3.63) is 61.3 Å². The second kappa shape index (κ2) is 7.70. The van der Waals surface area contributed by atoms with Crippen LogP contribution >= 0.6 is 51.3 Å². The molecule has 0 fully saturated rings. The van der Waals surface area contributed by atoms with Gasteiger partial charge < -0.3 is 4.74 Å². The molecule has 0 saturated heterocycles. The van der Waals surface area contributed by atoms with Gasteiger partial charge in [0.1, 0.15) is 5.75 Å². The van der Waals surface area contributed by atoms with Crippen LogP contribution in [0, 0.1) is 4.77 Å². The largest absolute Gasteiger partial charge is 0.496 e. The van der Waals surface area contributed by atoms with Crippen molar-refractivity contribution < 1.29 is 4.74 Å². The molecular weight excluding hydrogens is 447 g/mol. The van der Waals surface area contributed by atoms with E-state index in [4.69, 9.17) is 40.2 Å². The van der Waals surface area contributed by atoms with E-state index in [2.05, 4.69) is 31.2 Å². The number of hydrogen-bond acceptors (Lipinski definition) is 4. The van der Waals surface area contributed by atoms with E-state index in [0.717, 1.165) is 10.0 Å². The number of nitrogens with zero attached hydrogens (tertiary/aromatic N) is 3. The highest BCUT2D eigenvalue weighted by atomic mass is 79.9. The first-order valence-electron chi connectivity index (χ1n) is 7.00. The minimum atomic E-state index is 0.339. The third kappa shape index (κ3) is 3.95. The number of ether oxygens (including phenoxy) is 1. The predicted molar refractivity (Wildman–Crippen MR) is 107 cm³/mol. The van der Waals surface area contributed by atoms with Crippen molar-refractivity contribution in [2.75, 3.05) is 7.11 Å². The van der Waals surface area contributed by atoms with E-state index in [1.54, 1.807) is 31.5 Å². The molecule has 0 amide bonds. The van der Waals surface area contributed by atoms with Crippen molar-refractivity contribution in [2.24, 2.45) is 5.10 Å². The van der Waals surface area contributed by atoms with Crippen LogP contribution in [0.15, 0.2) is 46.0 Å². The first kappa shape index (κ1) is 18.1. The number of methoxy groups -OCH3 is 1. The molecule has 0 saturated carbocycles. The van der Waals surface area contributed by atoms with Gasteiger partial charge in [0.2, 0.25) is 4.77 Å². The Morgan fingerprint density at radius 3 is 2.80 bits per heavy atom. The number of hydrogen-bond donors (Lipinski definition) is 1. The van der Waals surface area contributed by atoms with Crippen molar-refractivity contribution in [1.82, 2.24) is 14.9 Å². The van der Waals surface area contributed by atoms with Crippen LogP contribution in [0.4, 0.5) is 0 Å². The highest BCUT2D eigenvalue weighted by Gasteiger charge is 2.12. The van der Waals surface area contributed by atoms with Crippen LogP contribution in [-0.2, 0) is 0 Å². The van der Waals surface area contributed by atoms with Crippen LogP contribution in [0.3, 0.4) is 0 Å². The van der Waals surface area contributed by atoms with E-state index in [1.807, 2.05) is 18.2 Å². The molecule has 128 valence electrons. The number of aromatic nitrogens is 3. The molecule has 1 N–H and O–H groups in total. The summed E-state index contributed by atoms with van der Waals surface area (Å²) in [5.74, 6) is 1.17. The number of rotatable bonds is 4. The molecule has 0 spiro atoms. The molecule has 3 rings (SSSR count). The molecule has 0 aliphatic heterocycles. The first-order chi connectivity index (χ1) is 12.0. The number of nitrogens with one attached hydrogen (secondary N) is 1. The Balaban J connectivity index is 2.06. The summed E-state index contributed by atoms with van der Waals surface area (Å²) in [5, 5.41) is 12.4. The van der Waals surface area contributed by atoms with Crippen LogP contribution in [0.25, 0.3) is 11.4 Å². The van der Waals surface area contributed by atoms with Gasteiger partial charge in [-0.15, -0.1) is 0 Å². The van der Waals surface area contributed by atoms with Crippen molar-refractivity contribution >= 4 is 57.6 Å². The molecule has 9 heteroatoms. The summed E-state index contributed by atoms with van der Waals surface area (Å²) in [4.78, 5) is 0. The maximum absolute atomic E-state index is 6.27. The van der Waals surface area contributed by atoms with E-state index < -0.39 is 0 Å². The molecule has 2 aromatic carbocycles. The van der Waals surface area contributed by atoms with E-state index in [0.29, 0.717) is 32.0 Å². The van der Waals surface area contributed by atoms with Gasteiger partial charge in [-0.2, -0.15) is 14.9 Å². The number of halogens is 3.